The standard InChI is InChI=1S/C22H23N7O3/c30-19(12-14-28-13-4-7-20(28)31)23-25-22(32)18-10-8-16(9-11-18)15-29-26-21(24-27-29)17-5-2-1-3-6-17/h1-3,5-6,8-11H,4,7,12-15H2,(H,23,30)(H,25,32). The van der Waals surface area contributed by atoms with Crippen LogP contribution in [0, 0.1) is 0 Å². The summed E-state index contributed by atoms with van der Waals surface area (Å²) in [4.78, 5) is 38.9. The van der Waals surface area contributed by atoms with Crippen molar-refractivity contribution in [2.45, 2.75) is 25.8 Å². The number of likely N-dealkylation sites (tertiary alicyclic amines) is 1. The van der Waals surface area contributed by atoms with E-state index in [9.17, 15) is 14.4 Å². The minimum atomic E-state index is -0.424. The molecule has 0 aliphatic carbocycles. The normalized spacial score (nSPS) is 13.2. The Bertz CT molecular complexity index is 1100. The Morgan fingerprint density at radius 1 is 1.00 bits per heavy atom. The zero-order chi connectivity index (χ0) is 22.3. The number of hydrogen-bond donors (Lipinski definition) is 2. The lowest BCUT2D eigenvalue weighted by atomic mass is 10.1. The Balaban J connectivity index is 1.25. The first kappa shape index (κ1) is 21.2. The van der Waals surface area contributed by atoms with Gasteiger partial charge in [-0.25, -0.2) is 0 Å². The van der Waals surface area contributed by atoms with Gasteiger partial charge in [0.2, 0.25) is 17.6 Å². The molecule has 164 valence electrons. The molecule has 10 heteroatoms. The highest BCUT2D eigenvalue weighted by Crippen LogP contribution is 2.13. The van der Waals surface area contributed by atoms with Crippen molar-refractivity contribution in [3.05, 3.63) is 65.7 Å². The predicted molar refractivity (Wildman–Crippen MR) is 115 cm³/mol. The fourth-order valence-electron chi connectivity index (χ4n) is 3.38. The summed E-state index contributed by atoms with van der Waals surface area (Å²) in [7, 11) is 0. The average Bonchev–Trinajstić information content (AvgIpc) is 3.46. The molecule has 32 heavy (non-hydrogen) atoms. The molecule has 1 aliphatic rings. The van der Waals surface area contributed by atoms with Crippen LogP contribution < -0.4 is 10.9 Å². The van der Waals surface area contributed by atoms with Gasteiger partial charge in [-0.1, -0.05) is 42.5 Å². The largest absolute Gasteiger partial charge is 0.342 e. The summed E-state index contributed by atoms with van der Waals surface area (Å²) in [6, 6.07) is 16.5. The summed E-state index contributed by atoms with van der Waals surface area (Å²) in [6.07, 6.45) is 1.50. The number of benzene rings is 2. The molecule has 10 nitrogen and oxygen atoms in total. The van der Waals surface area contributed by atoms with Crippen LogP contribution in [0.1, 0.15) is 35.2 Å². The van der Waals surface area contributed by atoms with Crippen LogP contribution in [0.2, 0.25) is 0 Å². The molecule has 2 N–H and O–H groups in total. The molecule has 4 rings (SSSR count). The number of hydrogen-bond acceptors (Lipinski definition) is 6. The van der Waals surface area contributed by atoms with E-state index in [4.69, 9.17) is 0 Å². The maximum atomic E-state index is 12.3. The van der Waals surface area contributed by atoms with E-state index in [-0.39, 0.29) is 18.2 Å². The summed E-state index contributed by atoms with van der Waals surface area (Å²) in [6.45, 7) is 1.45. The minimum absolute atomic E-state index is 0.0688. The van der Waals surface area contributed by atoms with Crippen molar-refractivity contribution >= 4 is 17.7 Å². The van der Waals surface area contributed by atoms with Gasteiger partial charge in [-0.3, -0.25) is 25.2 Å². The van der Waals surface area contributed by atoms with Gasteiger partial charge in [-0.05, 0) is 29.3 Å². The van der Waals surface area contributed by atoms with E-state index in [1.165, 1.54) is 4.80 Å². The Morgan fingerprint density at radius 3 is 2.50 bits per heavy atom. The van der Waals surface area contributed by atoms with E-state index in [0.717, 1.165) is 17.5 Å². The van der Waals surface area contributed by atoms with Gasteiger partial charge in [0.1, 0.15) is 0 Å². The lowest BCUT2D eigenvalue weighted by Gasteiger charge is -2.15. The summed E-state index contributed by atoms with van der Waals surface area (Å²) >= 11 is 0. The van der Waals surface area contributed by atoms with Gasteiger partial charge < -0.3 is 4.90 Å². The lowest BCUT2D eigenvalue weighted by Crippen LogP contribution is -2.43. The van der Waals surface area contributed by atoms with Gasteiger partial charge in [0.25, 0.3) is 5.91 Å². The molecule has 1 saturated heterocycles. The third-order valence-electron chi connectivity index (χ3n) is 5.12. The monoisotopic (exact) mass is 433 g/mol. The molecular formula is C22H23N7O3. The molecule has 0 radical (unpaired) electrons. The van der Waals surface area contributed by atoms with Gasteiger partial charge in [0.05, 0.1) is 6.54 Å². The number of rotatable bonds is 7. The second kappa shape index (κ2) is 9.82. The van der Waals surface area contributed by atoms with Gasteiger partial charge >= 0.3 is 0 Å². The van der Waals surface area contributed by atoms with E-state index in [2.05, 4.69) is 26.3 Å². The summed E-state index contributed by atoms with van der Waals surface area (Å²) in [5.41, 5.74) is 6.97. The summed E-state index contributed by atoms with van der Waals surface area (Å²) in [5.74, 6) is -0.153. The van der Waals surface area contributed by atoms with Crippen molar-refractivity contribution in [3.8, 4) is 11.4 Å². The van der Waals surface area contributed by atoms with Crippen LogP contribution in [0.25, 0.3) is 11.4 Å². The van der Waals surface area contributed by atoms with Crippen LogP contribution >= 0.6 is 0 Å². The number of carbonyl (C=O) groups is 3. The maximum Gasteiger partial charge on any atom is 0.269 e. The second-order valence-electron chi connectivity index (χ2n) is 7.44. The van der Waals surface area contributed by atoms with Gasteiger partial charge in [-0.2, -0.15) is 4.80 Å². The van der Waals surface area contributed by atoms with Crippen LogP contribution in [0.4, 0.5) is 0 Å². The number of nitrogens with zero attached hydrogens (tertiary/aromatic N) is 5. The highest BCUT2D eigenvalue weighted by molar-refractivity contribution is 5.95. The van der Waals surface area contributed by atoms with Gasteiger partial charge in [0, 0.05) is 37.1 Å². The molecule has 0 spiro atoms. The zero-order valence-electron chi connectivity index (χ0n) is 17.4. The van der Waals surface area contributed by atoms with Crippen molar-refractivity contribution in [1.29, 1.82) is 0 Å². The topological polar surface area (TPSA) is 122 Å². The van der Waals surface area contributed by atoms with E-state index in [1.807, 2.05) is 30.3 Å². The minimum Gasteiger partial charge on any atom is -0.342 e. The highest BCUT2D eigenvalue weighted by atomic mass is 16.2. The zero-order valence-corrected chi connectivity index (χ0v) is 17.4. The Kier molecular flexibility index (Phi) is 6.49. The number of nitrogens with one attached hydrogen (secondary N) is 2. The van der Waals surface area contributed by atoms with E-state index in [1.54, 1.807) is 29.2 Å². The maximum absolute atomic E-state index is 12.3. The molecule has 3 aromatic rings. The van der Waals surface area contributed by atoms with Crippen LogP contribution in [-0.4, -0.2) is 55.9 Å². The fraction of sp³-hybridized carbons (Fsp3) is 0.273. The van der Waals surface area contributed by atoms with Crippen molar-refractivity contribution < 1.29 is 14.4 Å². The molecule has 0 saturated carbocycles. The highest BCUT2D eigenvalue weighted by Gasteiger charge is 2.20. The molecule has 0 atom stereocenters. The molecule has 1 aliphatic heterocycles. The summed E-state index contributed by atoms with van der Waals surface area (Å²) < 4.78 is 0. The smallest absolute Gasteiger partial charge is 0.269 e. The third kappa shape index (κ3) is 5.34. The first-order valence-electron chi connectivity index (χ1n) is 10.4. The van der Waals surface area contributed by atoms with E-state index >= 15 is 0 Å². The van der Waals surface area contributed by atoms with E-state index in [0.29, 0.717) is 37.4 Å². The molecule has 1 fully saturated rings. The number of amides is 3. The first-order valence-corrected chi connectivity index (χ1v) is 10.4. The SMILES string of the molecule is O=C(CCN1CCCC1=O)NNC(=O)c1ccc(Cn2nnc(-c3ccccc3)n2)cc1. The quantitative estimate of drug-likeness (QED) is 0.539. The molecule has 2 heterocycles. The van der Waals surface area contributed by atoms with Crippen molar-refractivity contribution in [2.75, 3.05) is 13.1 Å². The van der Waals surface area contributed by atoms with Crippen LogP contribution in [0.5, 0.6) is 0 Å². The number of aromatic nitrogens is 4. The van der Waals surface area contributed by atoms with Crippen molar-refractivity contribution in [2.24, 2.45) is 0 Å². The van der Waals surface area contributed by atoms with Crippen LogP contribution in [0.3, 0.4) is 0 Å². The molecular weight excluding hydrogens is 410 g/mol. The number of tetrazole rings is 1. The van der Waals surface area contributed by atoms with Crippen molar-refractivity contribution in [3.63, 3.8) is 0 Å². The Morgan fingerprint density at radius 2 is 1.78 bits per heavy atom. The number of carbonyl (C=O) groups excluding carboxylic acids is 3. The van der Waals surface area contributed by atoms with Gasteiger partial charge in [-0.15, -0.1) is 10.2 Å². The Hall–Kier alpha value is -4.08. The van der Waals surface area contributed by atoms with Crippen molar-refractivity contribution in [1.82, 2.24) is 36.0 Å². The summed E-state index contributed by atoms with van der Waals surface area (Å²) in [5, 5.41) is 12.5. The number of hydrazine groups is 1. The molecule has 2 aromatic carbocycles. The van der Waals surface area contributed by atoms with Crippen LogP contribution in [0.15, 0.2) is 54.6 Å². The molecule has 0 unspecified atom stereocenters. The average molecular weight is 433 g/mol. The predicted octanol–water partition coefficient (Wildman–Crippen LogP) is 1.16. The van der Waals surface area contributed by atoms with Crippen LogP contribution in [-0.2, 0) is 16.1 Å². The second-order valence-corrected chi connectivity index (χ2v) is 7.44. The molecule has 0 bridgehead atoms. The third-order valence-corrected chi connectivity index (χ3v) is 5.12. The first-order chi connectivity index (χ1) is 15.6. The molecule has 1 aromatic heterocycles. The Labute approximate surface area is 184 Å². The lowest BCUT2D eigenvalue weighted by molar-refractivity contribution is -0.128. The van der Waals surface area contributed by atoms with Gasteiger partial charge in [0.15, 0.2) is 0 Å². The van der Waals surface area contributed by atoms with E-state index < -0.39 is 5.91 Å². The molecule has 3 amide bonds. The fourth-order valence-corrected chi connectivity index (χ4v) is 3.38.